The number of piperidine rings is 1. The van der Waals surface area contributed by atoms with Crippen molar-refractivity contribution in [1.29, 1.82) is 0 Å². The van der Waals surface area contributed by atoms with Crippen molar-refractivity contribution < 1.29 is 21.9 Å². The number of nitrogens with zero attached hydrogens (tertiary/aromatic N) is 2. The van der Waals surface area contributed by atoms with Crippen LogP contribution in [0.1, 0.15) is 26.2 Å². The van der Waals surface area contributed by atoms with Crippen LogP contribution in [0, 0.1) is 0 Å². The molecule has 0 aliphatic carbocycles. The van der Waals surface area contributed by atoms with Gasteiger partial charge in [-0.05, 0) is 19.8 Å². The van der Waals surface area contributed by atoms with Crippen LogP contribution in [0.25, 0.3) is 0 Å². The van der Waals surface area contributed by atoms with E-state index in [-0.39, 0.29) is 30.7 Å². The molecule has 2 fully saturated rings. The zero-order valence-corrected chi connectivity index (χ0v) is 13.2. The van der Waals surface area contributed by atoms with Crippen molar-refractivity contribution >= 4 is 20.0 Å². The summed E-state index contributed by atoms with van der Waals surface area (Å²) < 4.78 is 51.1. The minimum atomic E-state index is -3.70. The van der Waals surface area contributed by atoms with Crippen molar-refractivity contribution in [2.75, 3.05) is 31.2 Å². The van der Waals surface area contributed by atoms with Crippen molar-refractivity contribution in [2.45, 2.75) is 38.3 Å². The largest absolute Gasteiger partial charge is 0.395 e. The molecule has 2 saturated heterocycles. The Bertz CT molecular complexity index is 545. The summed E-state index contributed by atoms with van der Waals surface area (Å²) in [5.74, 6) is -0.266. The summed E-state index contributed by atoms with van der Waals surface area (Å²) in [5.41, 5.74) is 0. The van der Waals surface area contributed by atoms with Gasteiger partial charge in [-0.1, -0.05) is 6.42 Å². The normalized spacial score (nSPS) is 33.1. The molecule has 0 amide bonds. The molecule has 0 spiro atoms. The number of hydrogen-bond acceptors (Lipinski definition) is 5. The van der Waals surface area contributed by atoms with Crippen LogP contribution >= 0.6 is 0 Å². The molecule has 0 radical (unpaired) electrons. The maximum atomic E-state index is 12.7. The fourth-order valence-corrected chi connectivity index (χ4v) is 6.72. The van der Waals surface area contributed by atoms with Gasteiger partial charge in [0.1, 0.15) is 0 Å². The lowest BCUT2D eigenvalue weighted by Gasteiger charge is -2.40. The molecule has 0 aromatic carbocycles. The zero-order chi connectivity index (χ0) is 15.0. The molecular formula is C11H22N2O5S2. The molecule has 2 atom stereocenters. The van der Waals surface area contributed by atoms with E-state index in [4.69, 9.17) is 0 Å². The Morgan fingerprint density at radius 2 is 1.90 bits per heavy atom. The van der Waals surface area contributed by atoms with Crippen molar-refractivity contribution in [3.05, 3.63) is 0 Å². The Hall–Kier alpha value is -0.220. The van der Waals surface area contributed by atoms with Gasteiger partial charge < -0.3 is 5.11 Å². The first-order valence-corrected chi connectivity index (χ1v) is 10.1. The van der Waals surface area contributed by atoms with Crippen LogP contribution in [0.3, 0.4) is 0 Å². The molecule has 9 heteroatoms. The van der Waals surface area contributed by atoms with Gasteiger partial charge in [0, 0.05) is 25.2 Å². The highest BCUT2D eigenvalue weighted by molar-refractivity contribution is 7.91. The van der Waals surface area contributed by atoms with Gasteiger partial charge in [-0.2, -0.15) is 17.0 Å². The maximum Gasteiger partial charge on any atom is 0.282 e. The van der Waals surface area contributed by atoms with Crippen LogP contribution < -0.4 is 0 Å². The molecule has 0 bridgehead atoms. The van der Waals surface area contributed by atoms with Gasteiger partial charge in [0.25, 0.3) is 10.2 Å². The summed E-state index contributed by atoms with van der Waals surface area (Å²) >= 11 is 0. The van der Waals surface area contributed by atoms with Gasteiger partial charge >= 0.3 is 0 Å². The summed E-state index contributed by atoms with van der Waals surface area (Å²) in [6, 6.07) is -0.945. The van der Waals surface area contributed by atoms with Gasteiger partial charge in [0.2, 0.25) is 0 Å². The van der Waals surface area contributed by atoms with Gasteiger partial charge in [-0.15, -0.1) is 0 Å². The summed E-state index contributed by atoms with van der Waals surface area (Å²) in [5, 5.41) is 9.35. The first-order chi connectivity index (χ1) is 9.28. The smallest absolute Gasteiger partial charge is 0.282 e. The topological polar surface area (TPSA) is 95.0 Å². The summed E-state index contributed by atoms with van der Waals surface area (Å²) in [6.45, 7) is 1.82. The SMILES string of the molecule is CC1CS(=O)(=O)CCN1S(=O)(=O)N1CCCCC1CO. The molecule has 1 N–H and O–H groups in total. The number of rotatable bonds is 3. The van der Waals surface area contributed by atoms with Crippen LogP contribution in [0.15, 0.2) is 0 Å². The number of hydrogen-bond donors (Lipinski definition) is 1. The van der Waals surface area contributed by atoms with E-state index in [9.17, 15) is 21.9 Å². The molecule has 0 aromatic rings. The van der Waals surface area contributed by atoms with Gasteiger partial charge in [0.05, 0.1) is 18.1 Å². The predicted molar refractivity (Wildman–Crippen MR) is 75.2 cm³/mol. The van der Waals surface area contributed by atoms with Gasteiger partial charge in [-0.25, -0.2) is 8.42 Å². The van der Waals surface area contributed by atoms with Crippen LogP contribution in [-0.4, -0.2) is 73.8 Å². The third-order valence-electron chi connectivity index (χ3n) is 3.99. The second-order valence-corrected chi connectivity index (χ2v) is 9.59. The Labute approximate surface area is 120 Å². The summed E-state index contributed by atoms with van der Waals surface area (Å²) in [6.07, 6.45) is 2.33. The molecule has 2 heterocycles. The molecule has 118 valence electrons. The Morgan fingerprint density at radius 3 is 2.50 bits per heavy atom. The van der Waals surface area contributed by atoms with Crippen molar-refractivity contribution in [1.82, 2.24) is 8.61 Å². The highest BCUT2D eigenvalue weighted by Crippen LogP contribution is 2.25. The van der Waals surface area contributed by atoms with Crippen LogP contribution in [0.5, 0.6) is 0 Å². The highest BCUT2D eigenvalue weighted by atomic mass is 32.2. The van der Waals surface area contributed by atoms with E-state index in [0.29, 0.717) is 13.0 Å². The molecule has 2 aliphatic rings. The van der Waals surface area contributed by atoms with E-state index in [2.05, 4.69) is 0 Å². The van der Waals surface area contributed by atoms with Gasteiger partial charge in [0.15, 0.2) is 9.84 Å². The van der Waals surface area contributed by atoms with E-state index in [1.54, 1.807) is 6.92 Å². The van der Waals surface area contributed by atoms with E-state index in [1.807, 2.05) is 0 Å². The number of aliphatic hydroxyl groups is 1. The maximum absolute atomic E-state index is 12.7. The van der Waals surface area contributed by atoms with Gasteiger partial charge in [-0.3, -0.25) is 0 Å². The lowest BCUT2D eigenvalue weighted by Crippen LogP contribution is -2.57. The number of aliphatic hydroxyl groups excluding tert-OH is 1. The average Bonchev–Trinajstić information content (AvgIpc) is 2.37. The lowest BCUT2D eigenvalue weighted by atomic mass is 10.1. The van der Waals surface area contributed by atoms with Crippen LogP contribution in [0.2, 0.25) is 0 Å². The monoisotopic (exact) mass is 326 g/mol. The quantitative estimate of drug-likeness (QED) is 0.732. The van der Waals surface area contributed by atoms with E-state index in [1.165, 1.54) is 8.61 Å². The first kappa shape index (κ1) is 16.2. The molecule has 20 heavy (non-hydrogen) atoms. The molecule has 2 aliphatic heterocycles. The molecule has 2 rings (SSSR count). The highest BCUT2D eigenvalue weighted by Gasteiger charge is 2.41. The first-order valence-electron chi connectivity index (χ1n) is 6.88. The lowest BCUT2D eigenvalue weighted by molar-refractivity contribution is 0.145. The standard InChI is InChI=1S/C11H22N2O5S2/c1-10-9-19(15,16)7-6-12(10)20(17,18)13-5-3-2-4-11(13)8-14/h10-11,14H,2-9H2,1H3. The number of sulfone groups is 1. The minimum Gasteiger partial charge on any atom is -0.395 e. The van der Waals surface area contributed by atoms with Crippen molar-refractivity contribution in [2.24, 2.45) is 0 Å². The molecular weight excluding hydrogens is 304 g/mol. The molecule has 7 nitrogen and oxygen atoms in total. The zero-order valence-electron chi connectivity index (χ0n) is 11.6. The predicted octanol–water partition coefficient (Wildman–Crippen LogP) is -0.803. The second-order valence-electron chi connectivity index (χ2n) is 5.52. The van der Waals surface area contributed by atoms with Crippen molar-refractivity contribution in [3.8, 4) is 0 Å². The fourth-order valence-electron chi connectivity index (χ4n) is 2.92. The van der Waals surface area contributed by atoms with Crippen molar-refractivity contribution in [3.63, 3.8) is 0 Å². The Balaban J connectivity index is 2.21. The van der Waals surface area contributed by atoms with E-state index >= 15 is 0 Å². The summed E-state index contributed by atoms with van der Waals surface area (Å²) in [4.78, 5) is 0. The van der Waals surface area contributed by atoms with E-state index < -0.39 is 26.1 Å². The minimum absolute atomic E-state index is 0.000478. The molecule has 2 unspecified atom stereocenters. The third-order valence-corrected chi connectivity index (χ3v) is 7.99. The second kappa shape index (κ2) is 5.88. The Morgan fingerprint density at radius 1 is 1.20 bits per heavy atom. The summed E-state index contributed by atoms with van der Waals surface area (Å²) in [7, 11) is -6.85. The Kier molecular flexibility index (Phi) is 4.75. The molecule has 0 aromatic heterocycles. The van der Waals surface area contributed by atoms with Crippen LogP contribution in [-0.2, 0) is 20.0 Å². The van der Waals surface area contributed by atoms with Crippen LogP contribution in [0.4, 0.5) is 0 Å². The fraction of sp³-hybridized carbons (Fsp3) is 1.00. The molecule has 0 saturated carbocycles. The average molecular weight is 326 g/mol. The third kappa shape index (κ3) is 3.16. The van der Waals surface area contributed by atoms with E-state index in [0.717, 1.165) is 12.8 Å².